The molecule has 2 N–H and O–H groups in total. The first-order valence-corrected chi connectivity index (χ1v) is 9.63. The van der Waals surface area contributed by atoms with Gasteiger partial charge >= 0.3 is 11.9 Å². The van der Waals surface area contributed by atoms with Crippen LogP contribution in [-0.4, -0.2) is 29.6 Å². The van der Waals surface area contributed by atoms with Crippen molar-refractivity contribution in [2.24, 2.45) is 11.8 Å². The third-order valence-electron chi connectivity index (χ3n) is 4.43. The van der Waals surface area contributed by atoms with Gasteiger partial charge < -0.3 is 15.2 Å². The molecule has 1 fully saturated rings. The van der Waals surface area contributed by atoms with Crippen molar-refractivity contribution in [3.8, 4) is 0 Å². The summed E-state index contributed by atoms with van der Waals surface area (Å²) < 4.78 is 5.07. The summed E-state index contributed by atoms with van der Waals surface area (Å²) in [5.41, 5.74) is 0.353. The van der Waals surface area contributed by atoms with Crippen LogP contribution in [0.15, 0.2) is 6.07 Å². The first kappa shape index (κ1) is 19.4. The van der Waals surface area contributed by atoms with Gasteiger partial charge in [0.25, 0.3) is 0 Å². The van der Waals surface area contributed by atoms with Gasteiger partial charge in [-0.3, -0.25) is 9.59 Å². The fourth-order valence-corrected chi connectivity index (χ4v) is 4.36. The zero-order chi connectivity index (χ0) is 18.4. The van der Waals surface area contributed by atoms with Gasteiger partial charge in [-0.15, -0.1) is 11.3 Å². The molecule has 25 heavy (non-hydrogen) atoms. The van der Waals surface area contributed by atoms with E-state index >= 15 is 0 Å². The Kier molecular flexibility index (Phi) is 6.99. The number of carbonyl (C=O) groups is 3. The van der Waals surface area contributed by atoms with E-state index in [0.29, 0.717) is 23.4 Å². The van der Waals surface area contributed by atoms with Gasteiger partial charge in [0.2, 0.25) is 5.91 Å². The highest BCUT2D eigenvalue weighted by Crippen LogP contribution is 2.34. The molecule has 0 unspecified atom stereocenters. The lowest BCUT2D eigenvalue weighted by molar-refractivity contribution is -0.147. The predicted octanol–water partition coefficient (Wildman–Crippen LogP) is 3.71. The highest BCUT2D eigenvalue weighted by molar-refractivity contribution is 7.16. The van der Waals surface area contributed by atoms with Gasteiger partial charge in [0.05, 0.1) is 24.0 Å². The molecular weight excluding hydrogens is 342 g/mol. The van der Waals surface area contributed by atoms with E-state index in [9.17, 15) is 19.5 Å². The van der Waals surface area contributed by atoms with E-state index in [-0.39, 0.29) is 12.5 Å². The molecule has 1 saturated carbocycles. The number of nitrogens with one attached hydrogen (secondary N) is 1. The molecule has 6 nitrogen and oxygen atoms in total. The summed E-state index contributed by atoms with van der Waals surface area (Å²) in [5.74, 6) is -2.92. The van der Waals surface area contributed by atoms with E-state index in [1.54, 1.807) is 13.0 Å². The van der Waals surface area contributed by atoms with Gasteiger partial charge in [-0.2, -0.15) is 0 Å². The van der Waals surface area contributed by atoms with Gasteiger partial charge in [-0.05, 0) is 32.3 Å². The Balaban J connectivity index is 2.20. The number of rotatable bonds is 7. The van der Waals surface area contributed by atoms with Crippen molar-refractivity contribution in [3.63, 3.8) is 0 Å². The van der Waals surface area contributed by atoms with Gasteiger partial charge in [0.15, 0.2) is 0 Å². The van der Waals surface area contributed by atoms with E-state index in [1.807, 2.05) is 6.92 Å². The molecule has 1 aromatic rings. The Morgan fingerprint density at radius 2 is 1.92 bits per heavy atom. The lowest BCUT2D eigenvalue weighted by atomic mass is 9.79. The van der Waals surface area contributed by atoms with Crippen molar-refractivity contribution in [1.29, 1.82) is 0 Å². The molecule has 1 aromatic heterocycles. The lowest BCUT2D eigenvalue weighted by Gasteiger charge is -2.27. The summed E-state index contributed by atoms with van der Waals surface area (Å²) in [6, 6.07) is 1.76. The maximum atomic E-state index is 12.7. The summed E-state index contributed by atoms with van der Waals surface area (Å²) in [4.78, 5) is 37.2. The molecule has 0 spiro atoms. The van der Waals surface area contributed by atoms with E-state index in [4.69, 9.17) is 4.74 Å². The average molecular weight is 367 g/mol. The van der Waals surface area contributed by atoms with Crippen molar-refractivity contribution >= 4 is 34.2 Å². The maximum Gasteiger partial charge on any atom is 0.341 e. The minimum absolute atomic E-state index is 0.259. The topological polar surface area (TPSA) is 92.7 Å². The van der Waals surface area contributed by atoms with Crippen LogP contribution in [0.4, 0.5) is 5.00 Å². The first-order valence-electron chi connectivity index (χ1n) is 8.81. The minimum atomic E-state index is -0.927. The number of anilines is 1. The third-order valence-corrected chi connectivity index (χ3v) is 5.54. The molecule has 1 amide bonds. The van der Waals surface area contributed by atoms with Crippen LogP contribution in [0.25, 0.3) is 0 Å². The van der Waals surface area contributed by atoms with Crippen molar-refractivity contribution in [2.45, 2.75) is 52.4 Å². The molecule has 0 radical (unpaired) electrons. The van der Waals surface area contributed by atoms with E-state index < -0.39 is 23.8 Å². The fourth-order valence-electron chi connectivity index (χ4n) is 3.21. The van der Waals surface area contributed by atoms with E-state index in [1.165, 1.54) is 11.3 Å². The second kappa shape index (κ2) is 8.99. The Morgan fingerprint density at radius 3 is 2.52 bits per heavy atom. The molecule has 2 rings (SSSR count). The molecule has 1 aliphatic carbocycles. The van der Waals surface area contributed by atoms with Crippen molar-refractivity contribution < 1.29 is 24.2 Å². The summed E-state index contributed by atoms with van der Waals surface area (Å²) in [5, 5.41) is 12.6. The molecule has 0 saturated heterocycles. The summed E-state index contributed by atoms with van der Waals surface area (Å²) >= 11 is 1.36. The SMILES string of the molecule is CCCc1cc(C(=O)OCC)c(NC(=O)[C@@H]2CCCC[C@H]2C(=O)O)s1. The lowest BCUT2D eigenvalue weighted by Crippen LogP contribution is -2.36. The number of carboxylic acid groups (broad SMARTS) is 1. The Labute approximate surface area is 151 Å². The van der Waals surface area contributed by atoms with Crippen LogP contribution in [0.1, 0.15) is 61.2 Å². The van der Waals surface area contributed by atoms with Crippen LogP contribution in [-0.2, 0) is 20.7 Å². The summed E-state index contributed by atoms with van der Waals surface area (Å²) in [6.07, 6.45) is 4.50. The minimum Gasteiger partial charge on any atom is -0.481 e. The number of carboxylic acids is 1. The van der Waals surface area contributed by atoms with Crippen LogP contribution in [0, 0.1) is 11.8 Å². The number of carbonyl (C=O) groups excluding carboxylic acids is 2. The highest BCUT2D eigenvalue weighted by Gasteiger charge is 2.36. The molecule has 1 heterocycles. The number of ether oxygens (including phenoxy) is 1. The molecule has 1 aliphatic rings. The highest BCUT2D eigenvalue weighted by atomic mass is 32.1. The molecule has 2 atom stereocenters. The average Bonchev–Trinajstić information content (AvgIpc) is 2.98. The monoisotopic (exact) mass is 367 g/mol. The Bertz CT molecular complexity index is 639. The molecule has 0 aromatic carbocycles. The zero-order valence-electron chi connectivity index (χ0n) is 14.7. The number of aryl methyl sites for hydroxylation is 1. The van der Waals surface area contributed by atoms with E-state index in [0.717, 1.165) is 30.6 Å². The predicted molar refractivity (Wildman–Crippen MR) is 96.0 cm³/mol. The standard InChI is InChI=1S/C18H25NO5S/c1-3-7-11-10-14(18(23)24-4-2)16(25-11)19-15(20)12-8-5-6-9-13(12)17(21)22/h10,12-13H,3-9H2,1-2H3,(H,19,20)(H,21,22)/t12-,13-/m1/s1. The van der Waals surface area contributed by atoms with Crippen LogP contribution in [0.5, 0.6) is 0 Å². The van der Waals surface area contributed by atoms with Crippen LogP contribution in [0.3, 0.4) is 0 Å². The van der Waals surface area contributed by atoms with Crippen LogP contribution >= 0.6 is 11.3 Å². The number of thiophene rings is 1. The Morgan fingerprint density at radius 1 is 1.24 bits per heavy atom. The molecule has 138 valence electrons. The third kappa shape index (κ3) is 4.81. The van der Waals surface area contributed by atoms with Crippen LogP contribution < -0.4 is 5.32 Å². The number of aliphatic carboxylic acids is 1. The van der Waals surface area contributed by atoms with Gasteiger partial charge in [-0.25, -0.2) is 4.79 Å². The van der Waals surface area contributed by atoms with Crippen molar-refractivity contribution in [3.05, 3.63) is 16.5 Å². The van der Waals surface area contributed by atoms with Gasteiger partial charge in [-0.1, -0.05) is 26.2 Å². The number of hydrogen-bond donors (Lipinski definition) is 2. The zero-order valence-corrected chi connectivity index (χ0v) is 15.5. The molecule has 0 bridgehead atoms. The number of amides is 1. The van der Waals surface area contributed by atoms with E-state index in [2.05, 4.69) is 5.32 Å². The molecule has 7 heteroatoms. The first-order chi connectivity index (χ1) is 12.0. The molecular formula is C18H25NO5S. The Hall–Kier alpha value is -1.89. The van der Waals surface area contributed by atoms with Gasteiger partial charge in [0.1, 0.15) is 5.00 Å². The maximum absolute atomic E-state index is 12.7. The smallest absolute Gasteiger partial charge is 0.341 e. The van der Waals surface area contributed by atoms with Gasteiger partial charge in [0, 0.05) is 4.88 Å². The quantitative estimate of drug-likeness (QED) is 0.717. The van der Waals surface area contributed by atoms with Crippen molar-refractivity contribution in [2.75, 3.05) is 11.9 Å². The second-order valence-corrected chi connectivity index (χ2v) is 7.39. The summed E-state index contributed by atoms with van der Waals surface area (Å²) in [6.45, 7) is 4.03. The summed E-state index contributed by atoms with van der Waals surface area (Å²) in [7, 11) is 0. The number of hydrogen-bond acceptors (Lipinski definition) is 5. The molecule has 0 aliphatic heterocycles. The second-order valence-electron chi connectivity index (χ2n) is 6.25. The number of esters is 1. The fraction of sp³-hybridized carbons (Fsp3) is 0.611. The van der Waals surface area contributed by atoms with Crippen molar-refractivity contribution in [1.82, 2.24) is 0 Å². The largest absolute Gasteiger partial charge is 0.481 e. The normalized spacial score (nSPS) is 20.1. The van der Waals surface area contributed by atoms with Crippen LogP contribution in [0.2, 0.25) is 0 Å².